The van der Waals surface area contributed by atoms with E-state index in [4.69, 9.17) is 14.2 Å². The van der Waals surface area contributed by atoms with Crippen molar-refractivity contribution in [2.45, 2.75) is 83.1 Å². The monoisotopic (exact) mass is 544 g/mol. The van der Waals surface area contributed by atoms with E-state index < -0.39 is 87.7 Å². The van der Waals surface area contributed by atoms with Crippen molar-refractivity contribution in [1.82, 2.24) is 0 Å². The Bertz CT molecular complexity index is 1210. The Morgan fingerprint density at radius 1 is 1.08 bits per heavy atom. The van der Waals surface area contributed by atoms with Crippen LogP contribution >= 0.6 is 0 Å². The molecule has 39 heavy (non-hydrogen) atoms. The third-order valence-corrected chi connectivity index (χ3v) is 10.2. The number of hydrogen-bond acceptors (Lipinski definition) is 10. The zero-order valence-corrected chi connectivity index (χ0v) is 22.7. The molecule has 0 radical (unpaired) electrons. The van der Waals surface area contributed by atoms with Crippen LogP contribution in [0.2, 0.25) is 0 Å². The molecule has 0 spiro atoms. The zero-order valence-electron chi connectivity index (χ0n) is 22.7. The average molecular weight is 545 g/mol. The summed E-state index contributed by atoms with van der Waals surface area (Å²) in [6, 6.07) is 8.06. The molecule has 10 nitrogen and oxygen atoms in total. The van der Waals surface area contributed by atoms with E-state index in [2.05, 4.69) is 0 Å². The van der Waals surface area contributed by atoms with Crippen LogP contribution in [-0.2, 0) is 28.6 Å². The van der Waals surface area contributed by atoms with Crippen LogP contribution in [0.25, 0.3) is 0 Å². The number of benzene rings is 1. The maximum atomic E-state index is 14.2. The van der Waals surface area contributed by atoms with Crippen LogP contribution in [-0.4, -0.2) is 81.0 Å². The number of aliphatic hydroxyl groups is 3. The molecule has 212 valence electrons. The number of fused-ring (bicyclic) bond motifs is 5. The number of carbonyl (C=O) groups is 4. The third-order valence-electron chi connectivity index (χ3n) is 10.2. The molecule has 3 N–H and O–H groups in total. The predicted molar refractivity (Wildman–Crippen MR) is 134 cm³/mol. The summed E-state index contributed by atoms with van der Waals surface area (Å²) >= 11 is 0. The maximum Gasteiger partial charge on any atom is 0.338 e. The molecule has 3 unspecified atom stereocenters. The second-order valence-corrected chi connectivity index (χ2v) is 12.5. The van der Waals surface area contributed by atoms with Gasteiger partial charge in [0.15, 0.2) is 5.60 Å². The topological polar surface area (TPSA) is 157 Å². The molecular weight excluding hydrogens is 508 g/mol. The van der Waals surface area contributed by atoms with Crippen LogP contribution in [0, 0.1) is 28.6 Å². The predicted octanol–water partition coefficient (Wildman–Crippen LogP) is 1.23. The summed E-state index contributed by atoms with van der Waals surface area (Å²) in [6.07, 6.45) is -5.48. The summed E-state index contributed by atoms with van der Waals surface area (Å²) in [5.41, 5.74) is -6.75. The van der Waals surface area contributed by atoms with E-state index in [-0.39, 0.29) is 25.0 Å². The van der Waals surface area contributed by atoms with E-state index in [0.29, 0.717) is 0 Å². The Morgan fingerprint density at radius 3 is 2.28 bits per heavy atom. The Hall–Kier alpha value is -2.66. The smallest absolute Gasteiger partial charge is 0.338 e. The third kappa shape index (κ3) is 3.61. The minimum atomic E-state index is -2.07. The lowest BCUT2D eigenvalue weighted by atomic mass is 9.42. The van der Waals surface area contributed by atoms with E-state index >= 15 is 0 Å². The van der Waals surface area contributed by atoms with Crippen molar-refractivity contribution >= 4 is 23.5 Å². The molecule has 3 aliphatic carbocycles. The number of Topliss-reactive ketones (excluding diaryl/α,β-unsaturated/α-hetero) is 2. The minimum absolute atomic E-state index is 0.108. The summed E-state index contributed by atoms with van der Waals surface area (Å²) < 4.78 is 17.7. The van der Waals surface area contributed by atoms with Gasteiger partial charge in [-0.1, -0.05) is 39.0 Å². The van der Waals surface area contributed by atoms with Gasteiger partial charge in [-0.25, -0.2) is 4.79 Å². The number of ether oxygens (including phenoxy) is 3. The molecule has 2 bridgehead atoms. The van der Waals surface area contributed by atoms with E-state index in [9.17, 15) is 34.5 Å². The van der Waals surface area contributed by atoms with Crippen molar-refractivity contribution in [3.05, 3.63) is 35.9 Å². The highest BCUT2D eigenvalue weighted by Crippen LogP contribution is 2.64. The van der Waals surface area contributed by atoms with Gasteiger partial charge in [-0.2, -0.15) is 0 Å². The van der Waals surface area contributed by atoms with E-state index in [1.54, 1.807) is 39.0 Å². The standard InChI is InChI=1S/C29H36O10/c1-14-17(31)12-29(36)24(38-25(35)16-9-7-6-8-10-16)22-27(5,23(34)21(33)20(14)26(29,3)4)18(32)11-19-28(22,13-37-19)39-15(2)30/h6-10,14,17-20,22,24,31-32,36H,11-13H2,1-5H3/t14?,17-,18-,19+,20?,22?,24-,27+,28-,29+/m0/s1. The Balaban J connectivity index is 1.80. The highest BCUT2D eigenvalue weighted by molar-refractivity contribution is 6.40. The maximum absolute atomic E-state index is 14.2. The summed E-state index contributed by atoms with van der Waals surface area (Å²) in [5.74, 6) is -6.47. The second kappa shape index (κ2) is 8.92. The molecule has 1 heterocycles. The molecule has 10 atom stereocenters. The molecule has 5 rings (SSSR count). The molecule has 3 saturated carbocycles. The lowest BCUT2D eigenvalue weighted by Gasteiger charge is -2.67. The van der Waals surface area contributed by atoms with E-state index in [0.717, 1.165) is 0 Å². The molecule has 4 aliphatic rings. The highest BCUT2D eigenvalue weighted by Gasteiger charge is 2.78. The van der Waals surface area contributed by atoms with Crippen molar-refractivity contribution in [2.24, 2.45) is 28.6 Å². The van der Waals surface area contributed by atoms with Crippen molar-refractivity contribution in [3.8, 4) is 0 Å². The molecule has 1 aromatic carbocycles. The number of carbonyl (C=O) groups excluding carboxylic acids is 4. The average Bonchev–Trinajstić information content (AvgIpc) is 2.87. The first-order valence-corrected chi connectivity index (χ1v) is 13.4. The van der Waals surface area contributed by atoms with Crippen molar-refractivity contribution in [3.63, 3.8) is 0 Å². The lowest BCUT2D eigenvalue weighted by molar-refractivity contribution is -0.349. The van der Waals surface area contributed by atoms with Crippen molar-refractivity contribution in [1.29, 1.82) is 0 Å². The summed E-state index contributed by atoms with van der Waals surface area (Å²) in [5, 5.41) is 35.2. The summed E-state index contributed by atoms with van der Waals surface area (Å²) in [6.45, 7) is 7.28. The second-order valence-electron chi connectivity index (χ2n) is 12.5. The number of hydrogen-bond donors (Lipinski definition) is 3. The van der Waals surface area contributed by atoms with Gasteiger partial charge in [-0.15, -0.1) is 0 Å². The lowest BCUT2D eigenvalue weighted by Crippen LogP contribution is -2.82. The molecule has 1 aromatic rings. The number of ketones is 2. The van der Waals surface area contributed by atoms with Gasteiger partial charge >= 0.3 is 11.9 Å². The fourth-order valence-electron chi connectivity index (χ4n) is 7.95. The minimum Gasteiger partial charge on any atom is -0.455 e. The van der Waals surface area contributed by atoms with Gasteiger partial charge in [0, 0.05) is 31.1 Å². The Morgan fingerprint density at radius 2 is 1.72 bits per heavy atom. The first-order chi connectivity index (χ1) is 18.1. The molecule has 0 aromatic heterocycles. The van der Waals surface area contributed by atoms with Crippen LogP contribution in [0.1, 0.15) is 57.8 Å². The van der Waals surface area contributed by atoms with Gasteiger partial charge in [0.25, 0.3) is 0 Å². The molecular formula is C29H36O10. The molecule has 0 amide bonds. The normalized spacial score (nSPS) is 44.6. The van der Waals surface area contributed by atoms with Crippen molar-refractivity contribution < 1.29 is 48.7 Å². The largest absolute Gasteiger partial charge is 0.455 e. The number of aliphatic hydroxyl groups excluding tert-OH is 2. The SMILES string of the molecule is CC(=O)O[C@@]12CO[C@@H]1C[C@H](O)[C@@]1(C)C(=O)C(=O)C3C(C)[C@@H](O)C[C@@](O)([C@@H](OC(=O)c4ccccc4)C12)C3(C)C. The van der Waals surface area contributed by atoms with Gasteiger partial charge in [-0.3, -0.25) is 14.4 Å². The molecule has 4 fully saturated rings. The summed E-state index contributed by atoms with van der Waals surface area (Å²) in [4.78, 5) is 54.2. The van der Waals surface area contributed by atoms with Gasteiger partial charge in [0.05, 0.1) is 35.7 Å². The van der Waals surface area contributed by atoms with Gasteiger partial charge in [0.1, 0.15) is 17.8 Å². The number of esters is 2. The van der Waals surface area contributed by atoms with Gasteiger partial charge < -0.3 is 29.5 Å². The van der Waals surface area contributed by atoms with Crippen LogP contribution in [0.15, 0.2) is 30.3 Å². The van der Waals surface area contributed by atoms with Crippen LogP contribution in [0.5, 0.6) is 0 Å². The molecule has 10 heteroatoms. The first kappa shape index (κ1) is 27.9. The molecule has 1 saturated heterocycles. The summed E-state index contributed by atoms with van der Waals surface area (Å²) in [7, 11) is 0. The quantitative estimate of drug-likeness (QED) is 0.373. The van der Waals surface area contributed by atoms with E-state index in [1.807, 2.05) is 0 Å². The first-order valence-electron chi connectivity index (χ1n) is 13.4. The molecule has 1 aliphatic heterocycles. The Kier molecular flexibility index (Phi) is 6.38. The zero-order chi connectivity index (χ0) is 28.7. The van der Waals surface area contributed by atoms with Crippen molar-refractivity contribution in [2.75, 3.05) is 6.61 Å². The van der Waals surface area contributed by atoms with Crippen LogP contribution in [0.3, 0.4) is 0 Å². The van der Waals surface area contributed by atoms with Crippen LogP contribution < -0.4 is 0 Å². The fraction of sp³-hybridized carbons (Fsp3) is 0.655. The van der Waals surface area contributed by atoms with Gasteiger partial charge in [0.2, 0.25) is 11.6 Å². The Labute approximate surface area is 226 Å². The van der Waals surface area contributed by atoms with E-state index in [1.165, 1.54) is 26.0 Å². The fourth-order valence-corrected chi connectivity index (χ4v) is 7.95. The van der Waals surface area contributed by atoms with Crippen LogP contribution in [0.4, 0.5) is 0 Å². The number of rotatable bonds is 3. The highest BCUT2D eigenvalue weighted by atomic mass is 16.6. The van der Waals surface area contributed by atoms with Gasteiger partial charge in [-0.05, 0) is 25.0 Å².